The van der Waals surface area contributed by atoms with E-state index in [2.05, 4.69) is 0 Å². The predicted octanol–water partition coefficient (Wildman–Crippen LogP) is 0.891. The van der Waals surface area contributed by atoms with E-state index in [-0.39, 0.29) is 6.61 Å². The fourth-order valence-electron chi connectivity index (χ4n) is 1.89. The number of nitrogens with two attached hydrogens (primary N) is 1. The van der Waals surface area contributed by atoms with E-state index in [1.807, 2.05) is 11.0 Å². The number of aliphatic hydroxyl groups is 1. The number of nitrogens with zero attached hydrogens (tertiary/aromatic N) is 1. The molecule has 1 aromatic carbocycles. The molecule has 0 spiro atoms. The van der Waals surface area contributed by atoms with Gasteiger partial charge in [0.25, 0.3) is 0 Å². The number of carbonyl (C=O) groups excluding carboxylic acids is 1. The van der Waals surface area contributed by atoms with Crippen LogP contribution in [0.3, 0.4) is 0 Å². The van der Waals surface area contributed by atoms with Crippen LogP contribution < -0.4 is 10.6 Å². The number of para-hydroxylation sites is 1. The molecule has 0 aromatic heterocycles. The van der Waals surface area contributed by atoms with Crippen LogP contribution in [0.4, 0.5) is 11.4 Å². The number of esters is 1. The van der Waals surface area contributed by atoms with Crippen LogP contribution in [0.2, 0.25) is 0 Å². The van der Waals surface area contributed by atoms with Gasteiger partial charge < -0.3 is 25.2 Å². The second-order valence-corrected chi connectivity index (χ2v) is 4.16. The molecule has 0 radical (unpaired) electrons. The van der Waals surface area contributed by atoms with Crippen molar-refractivity contribution in [3.05, 3.63) is 23.8 Å². The summed E-state index contributed by atoms with van der Waals surface area (Å²) in [4.78, 5) is 13.7. The minimum atomic E-state index is -0.442. The van der Waals surface area contributed by atoms with Gasteiger partial charge in [-0.05, 0) is 19.1 Å². The molecule has 1 rings (SSSR count). The molecule has 0 saturated carbocycles. The van der Waals surface area contributed by atoms with E-state index in [9.17, 15) is 4.79 Å². The molecule has 0 amide bonds. The summed E-state index contributed by atoms with van der Waals surface area (Å²) in [6, 6.07) is 5.18. The Morgan fingerprint density at radius 1 is 1.40 bits per heavy atom. The lowest BCUT2D eigenvalue weighted by Crippen LogP contribution is -2.31. The van der Waals surface area contributed by atoms with Crippen molar-refractivity contribution in [1.82, 2.24) is 0 Å². The van der Waals surface area contributed by atoms with Gasteiger partial charge in [-0.3, -0.25) is 0 Å². The van der Waals surface area contributed by atoms with Gasteiger partial charge in [0.05, 0.1) is 36.8 Å². The summed E-state index contributed by atoms with van der Waals surface area (Å²) in [5.74, 6) is -0.442. The van der Waals surface area contributed by atoms with Gasteiger partial charge in [0.2, 0.25) is 0 Å². The van der Waals surface area contributed by atoms with Gasteiger partial charge in [0.15, 0.2) is 0 Å². The average Bonchev–Trinajstić information content (AvgIpc) is 2.44. The topological polar surface area (TPSA) is 85.0 Å². The zero-order valence-corrected chi connectivity index (χ0v) is 12.0. The molecule has 6 nitrogen and oxygen atoms in total. The van der Waals surface area contributed by atoms with Crippen LogP contribution in [0.25, 0.3) is 0 Å². The molecule has 20 heavy (non-hydrogen) atoms. The first-order valence-electron chi connectivity index (χ1n) is 6.56. The zero-order valence-electron chi connectivity index (χ0n) is 12.0. The molecule has 3 N–H and O–H groups in total. The van der Waals surface area contributed by atoms with Crippen molar-refractivity contribution < 1.29 is 19.4 Å². The molecule has 0 aliphatic heterocycles. The van der Waals surface area contributed by atoms with Gasteiger partial charge in [-0.2, -0.15) is 0 Å². The second kappa shape index (κ2) is 8.39. The van der Waals surface area contributed by atoms with E-state index >= 15 is 0 Å². The first kappa shape index (κ1) is 16.3. The highest BCUT2D eigenvalue weighted by molar-refractivity contribution is 5.98. The number of hydrogen-bond donors (Lipinski definition) is 2. The first-order chi connectivity index (χ1) is 9.65. The largest absolute Gasteiger partial charge is 0.462 e. The number of hydrogen-bond acceptors (Lipinski definition) is 6. The third-order valence-corrected chi connectivity index (χ3v) is 2.85. The Balaban J connectivity index is 3.03. The minimum absolute atomic E-state index is 0.00715. The molecule has 0 bridgehead atoms. The van der Waals surface area contributed by atoms with Crippen LogP contribution in [-0.2, 0) is 9.47 Å². The Morgan fingerprint density at radius 2 is 2.15 bits per heavy atom. The Labute approximate surface area is 119 Å². The normalized spacial score (nSPS) is 10.3. The van der Waals surface area contributed by atoms with E-state index in [0.29, 0.717) is 43.2 Å². The molecule has 112 valence electrons. The van der Waals surface area contributed by atoms with Gasteiger partial charge in [0, 0.05) is 20.2 Å². The summed E-state index contributed by atoms with van der Waals surface area (Å²) in [7, 11) is 1.61. The highest BCUT2D eigenvalue weighted by Gasteiger charge is 2.17. The fourth-order valence-corrected chi connectivity index (χ4v) is 1.89. The van der Waals surface area contributed by atoms with Gasteiger partial charge in [-0.25, -0.2) is 4.79 Å². The number of rotatable bonds is 8. The average molecular weight is 282 g/mol. The highest BCUT2D eigenvalue weighted by Crippen LogP contribution is 2.27. The van der Waals surface area contributed by atoms with Crippen molar-refractivity contribution in [3.63, 3.8) is 0 Å². The lowest BCUT2D eigenvalue weighted by molar-refractivity contribution is 0.0527. The van der Waals surface area contributed by atoms with Crippen molar-refractivity contribution in [1.29, 1.82) is 0 Å². The Hall–Kier alpha value is -1.79. The predicted molar refractivity (Wildman–Crippen MR) is 78.0 cm³/mol. The third-order valence-electron chi connectivity index (χ3n) is 2.85. The Morgan fingerprint density at radius 3 is 2.75 bits per heavy atom. The summed E-state index contributed by atoms with van der Waals surface area (Å²) in [5.41, 5.74) is 7.44. The maximum Gasteiger partial charge on any atom is 0.340 e. The molecule has 0 atom stereocenters. The maximum atomic E-state index is 11.8. The molecule has 0 aliphatic rings. The summed E-state index contributed by atoms with van der Waals surface area (Å²) < 4.78 is 10.0. The molecule has 6 heteroatoms. The number of ether oxygens (including phenoxy) is 2. The van der Waals surface area contributed by atoms with Crippen LogP contribution in [0.5, 0.6) is 0 Å². The smallest absolute Gasteiger partial charge is 0.340 e. The van der Waals surface area contributed by atoms with Crippen molar-refractivity contribution in [3.8, 4) is 0 Å². The van der Waals surface area contributed by atoms with E-state index in [4.69, 9.17) is 20.3 Å². The zero-order chi connectivity index (χ0) is 15.0. The summed E-state index contributed by atoms with van der Waals surface area (Å²) >= 11 is 0. The highest BCUT2D eigenvalue weighted by atomic mass is 16.5. The van der Waals surface area contributed by atoms with Crippen molar-refractivity contribution in [2.75, 3.05) is 50.7 Å². The number of aliphatic hydroxyl groups excluding tert-OH is 1. The summed E-state index contributed by atoms with van der Waals surface area (Å²) in [5, 5.41) is 9.14. The van der Waals surface area contributed by atoms with Gasteiger partial charge in [0.1, 0.15) is 0 Å². The van der Waals surface area contributed by atoms with E-state index in [0.717, 1.165) is 0 Å². The lowest BCUT2D eigenvalue weighted by Gasteiger charge is -2.25. The maximum absolute atomic E-state index is 11.8. The molecular weight excluding hydrogens is 260 g/mol. The quantitative estimate of drug-likeness (QED) is 0.544. The second-order valence-electron chi connectivity index (χ2n) is 4.16. The summed E-state index contributed by atoms with van der Waals surface area (Å²) in [6.07, 6.45) is 0. The van der Waals surface area contributed by atoms with Crippen molar-refractivity contribution in [2.45, 2.75) is 6.92 Å². The molecule has 0 unspecified atom stereocenters. The number of nitrogen functional groups attached to an aromatic ring is 1. The summed E-state index contributed by atoms with van der Waals surface area (Å²) in [6.45, 7) is 3.53. The number of methoxy groups -OCH3 is 1. The van der Waals surface area contributed by atoms with E-state index in [1.54, 1.807) is 26.2 Å². The van der Waals surface area contributed by atoms with Gasteiger partial charge in [-0.1, -0.05) is 6.07 Å². The Kier molecular flexibility index (Phi) is 6.83. The van der Waals surface area contributed by atoms with Crippen LogP contribution >= 0.6 is 0 Å². The van der Waals surface area contributed by atoms with Gasteiger partial charge >= 0.3 is 5.97 Å². The molecular formula is C14H22N2O4. The fraction of sp³-hybridized carbons (Fsp3) is 0.500. The van der Waals surface area contributed by atoms with Crippen LogP contribution in [0.1, 0.15) is 17.3 Å². The number of benzene rings is 1. The van der Waals surface area contributed by atoms with E-state index < -0.39 is 5.97 Å². The van der Waals surface area contributed by atoms with Crippen molar-refractivity contribution >= 4 is 17.3 Å². The minimum Gasteiger partial charge on any atom is -0.462 e. The van der Waals surface area contributed by atoms with Crippen LogP contribution in [0.15, 0.2) is 18.2 Å². The molecule has 0 saturated heterocycles. The number of carbonyl (C=O) groups is 1. The molecule has 1 aromatic rings. The van der Waals surface area contributed by atoms with Gasteiger partial charge in [-0.15, -0.1) is 0 Å². The molecule has 0 fully saturated rings. The van der Waals surface area contributed by atoms with Crippen molar-refractivity contribution in [2.24, 2.45) is 0 Å². The molecule has 0 heterocycles. The van der Waals surface area contributed by atoms with Crippen LogP contribution in [-0.4, -0.2) is 51.1 Å². The standard InChI is InChI=1S/C14H22N2O4/c1-3-20-14(18)11-5-4-6-12(13(11)15)16(7-9-17)8-10-19-2/h4-6,17H,3,7-10,15H2,1-2H3. The van der Waals surface area contributed by atoms with E-state index in [1.165, 1.54) is 0 Å². The first-order valence-corrected chi connectivity index (χ1v) is 6.56. The van der Waals surface area contributed by atoms with Crippen LogP contribution in [0, 0.1) is 0 Å². The third kappa shape index (κ3) is 4.11. The SMILES string of the molecule is CCOC(=O)c1cccc(N(CCO)CCOC)c1N. The Bertz CT molecular complexity index is 437. The number of anilines is 2. The monoisotopic (exact) mass is 282 g/mol. The lowest BCUT2D eigenvalue weighted by atomic mass is 10.1. The molecule has 0 aliphatic carbocycles.